The molecule has 0 rings (SSSR count). The molecule has 0 aromatic rings. The summed E-state index contributed by atoms with van der Waals surface area (Å²) >= 11 is 3.13. The number of hydrogen-bond acceptors (Lipinski definition) is 2. The molecule has 0 aliphatic rings. The molecule has 0 aliphatic carbocycles. The van der Waals surface area contributed by atoms with Crippen LogP contribution in [0.15, 0.2) is 0 Å². The first-order chi connectivity index (χ1) is 5.11. The van der Waals surface area contributed by atoms with E-state index in [4.69, 9.17) is 0 Å². The average molecular weight is 241 g/mol. The van der Waals surface area contributed by atoms with Gasteiger partial charge in [-0.2, -0.15) is 0 Å². The summed E-state index contributed by atoms with van der Waals surface area (Å²) in [5.41, 5.74) is 0. The van der Waals surface area contributed by atoms with E-state index < -0.39 is 8.03 Å². The topological polar surface area (TPSA) is 40.1 Å². The summed E-state index contributed by atoms with van der Waals surface area (Å²) in [5.74, 6) is 0.535. The standard InChI is InChI=1S/C7H14BrO2P/c1-3-6(4-2)5-7(8)11(9)10/h6-7H,3-5H2,1-2H3. The molecule has 0 N–H and O–H groups in total. The maximum absolute atomic E-state index is 10.5. The third kappa shape index (κ3) is 4.89. The van der Waals surface area contributed by atoms with Gasteiger partial charge in [0.05, 0.1) is 0 Å². The molecule has 0 heterocycles. The Morgan fingerprint density at radius 2 is 1.91 bits per heavy atom. The third-order valence-electron chi connectivity index (χ3n) is 1.91. The molecule has 0 aromatic heterocycles. The molecule has 0 radical (unpaired) electrons. The lowest BCUT2D eigenvalue weighted by molar-refractivity contribution is -0.165. The molecule has 0 amide bonds. The smallest absolute Gasteiger partial charge is 0.323 e. The van der Waals surface area contributed by atoms with Gasteiger partial charge in [0.1, 0.15) is 0 Å². The molecule has 66 valence electrons. The van der Waals surface area contributed by atoms with Gasteiger partial charge in [0.15, 0.2) is 0 Å². The minimum atomic E-state index is -2.29. The van der Waals surface area contributed by atoms with E-state index in [0.717, 1.165) is 19.3 Å². The van der Waals surface area contributed by atoms with Crippen molar-refractivity contribution in [3.63, 3.8) is 0 Å². The lowest BCUT2D eigenvalue weighted by Gasteiger charge is -2.11. The van der Waals surface area contributed by atoms with Crippen molar-refractivity contribution in [2.75, 3.05) is 0 Å². The molecule has 2 unspecified atom stereocenters. The number of rotatable bonds is 5. The highest BCUT2D eigenvalue weighted by atomic mass is 79.9. The van der Waals surface area contributed by atoms with Crippen molar-refractivity contribution in [3.05, 3.63) is 0 Å². The van der Waals surface area contributed by atoms with Crippen LogP contribution in [-0.4, -0.2) is 4.57 Å². The van der Waals surface area contributed by atoms with E-state index in [1.165, 1.54) is 0 Å². The van der Waals surface area contributed by atoms with Crippen molar-refractivity contribution in [1.29, 1.82) is 0 Å². The van der Waals surface area contributed by atoms with Gasteiger partial charge in [-0.25, -0.2) is 0 Å². The fraction of sp³-hybridized carbons (Fsp3) is 1.00. The fourth-order valence-corrected chi connectivity index (χ4v) is 1.98. The number of alkyl halides is 1. The average Bonchev–Trinajstić information content (AvgIpc) is 1.99. The first-order valence-electron chi connectivity index (χ1n) is 3.89. The van der Waals surface area contributed by atoms with Gasteiger partial charge in [-0.3, -0.25) is 0 Å². The zero-order valence-corrected chi connectivity index (χ0v) is 9.40. The summed E-state index contributed by atoms with van der Waals surface area (Å²) in [6, 6.07) is 0. The Balaban J connectivity index is 3.71. The second-order valence-electron chi connectivity index (χ2n) is 2.64. The van der Waals surface area contributed by atoms with E-state index in [2.05, 4.69) is 29.8 Å². The maximum atomic E-state index is 10.5. The van der Waals surface area contributed by atoms with E-state index in [9.17, 15) is 9.46 Å². The second-order valence-corrected chi connectivity index (χ2v) is 5.65. The van der Waals surface area contributed by atoms with Gasteiger partial charge in [0.2, 0.25) is 4.57 Å². The van der Waals surface area contributed by atoms with E-state index in [1.807, 2.05) is 0 Å². The zero-order valence-electron chi connectivity index (χ0n) is 6.92. The van der Waals surface area contributed by atoms with Crippen molar-refractivity contribution in [2.24, 2.45) is 5.92 Å². The van der Waals surface area contributed by atoms with Gasteiger partial charge >= 0.3 is 8.03 Å². The van der Waals surface area contributed by atoms with Gasteiger partial charge in [-0.15, -0.1) is 0 Å². The molecule has 0 aromatic carbocycles. The zero-order chi connectivity index (χ0) is 8.85. The molecule has 0 bridgehead atoms. The SMILES string of the molecule is CCC(CC)CC(Br)[P+](=O)[O-]. The van der Waals surface area contributed by atoms with E-state index in [0.29, 0.717) is 5.92 Å². The lowest BCUT2D eigenvalue weighted by atomic mass is 10.0. The summed E-state index contributed by atoms with van der Waals surface area (Å²) < 4.78 is 10.1. The van der Waals surface area contributed by atoms with Gasteiger partial charge in [-0.1, -0.05) is 31.3 Å². The third-order valence-corrected chi connectivity index (χ3v) is 3.96. The molecule has 11 heavy (non-hydrogen) atoms. The predicted octanol–water partition coefficient (Wildman–Crippen LogP) is 2.64. The van der Waals surface area contributed by atoms with Crippen LogP contribution in [0.2, 0.25) is 0 Å². The quantitative estimate of drug-likeness (QED) is 0.548. The van der Waals surface area contributed by atoms with Crippen molar-refractivity contribution >= 4 is 24.0 Å². The summed E-state index contributed by atoms with van der Waals surface area (Å²) in [7, 11) is -2.29. The van der Waals surface area contributed by atoms with E-state index in [1.54, 1.807) is 0 Å². The normalized spacial score (nSPS) is 15.2. The van der Waals surface area contributed by atoms with Crippen molar-refractivity contribution in [1.82, 2.24) is 0 Å². The molecule has 2 atom stereocenters. The van der Waals surface area contributed by atoms with Crippen LogP contribution in [0.25, 0.3) is 0 Å². The highest BCUT2D eigenvalue weighted by Crippen LogP contribution is 2.31. The van der Waals surface area contributed by atoms with E-state index >= 15 is 0 Å². The number of halogens is 1. The van der Waals surface area contributed by atoms with Crippen LogP contribution >= 0.6 is 24.0 Å². The molecular weight excluding hydrogens is 227 g/mol. The van der Waals surface area contributed by atoms with Crippen molar-refractivity contribution in [2.45, 2.75) is 37.7 Å². The van der Waals surface area contributed by atoms with Crippen LogP contribution in [0.4, 0.5) is 0 Å². The van der Waals surface area contributed by atoms with Crippen LogP contribution in [0.5, 0.6) is 0 Å². The molecule has 4 heteroatoms. The Morgan fingerprint density at radius 3 is 2.18 bits per heavy atom. The van der Waals surface area contributed by atoms with Crippen LogP contribution in [0, 0.1) is 5.92 Å². The van der Waals surface area contributed by atoms with Crippen molar-refractivity contribution < 1.29 is 9.46 Å². The maximum Gasteiger partial charge on any atom is 0.323 e. The molecule has 0 spiro atoms. The molecule has 0 fully saturated rings. The summed E-state index contributed by atoms with van der Waals surface area (Å²) in [6.45, 7) is 4.18. The summed E-state index contributed by atoms with van der Waals surface area (Å²) in [6.07, 6.45) is 2.86. The van der Waals surface area contributed by atoms with Gasteiger partial charge < -0.3 is 4.89 Å². The Bertz CT molecular complexity index is 126. The van der Waals surface area contributed by atoms with Gasteiger partial charge in [-0.05, 0) is 21.8 Å². The predicted molar refractivity (Wildman–Crippen MR) is 49.0 cm³/mol. The fourth-order valence-electron chi connectivity index (χ4n) is 0.983. The Morgan fingerprint density at radius 1 is 1.45 bits per heavy atom. The largest absolute Gasteiger partial charge is 0.595 e. The van der Waals surface area contributed by atoms with Gasteiger partial charge in [0, 0.05) is 6.42 Å². The monoisotopic (exact) mass is 240 g/mol. The Kier molecular flexibility index (Phi) is 6.40. The van der Waals surface area contributed by atoms with Gasteiger partial charge in [0.25, 0.3) is 0 Å². The summed E-state index contributed by atoms with van der Waals surface area (Å²) in [4.78, 5) is 10.5. The minimum absolute atomic E-state index is 0.331. The van der Waals surface area contributed by atoms with Crippen LogP contribution in [0.1, 0.15) is 33.1 Å². The highest BCUT2D eigenvalue weighted by molar-refractivity contribution is 9.10. The number of hydrogen-bond donors (Lipinski definition) is 0. The van der Waals surface area contributed by atoms with Crippen LogP contribution < -0.4 is 4.89 Å². The lowest BCUT2D eigenvalue weighted by Crippen LogP contribution is -2.07. The minimum Gasteiger partial charge on any atom is -0.595 e. The van der Waals surface area contributed by atoms with Crippen LogP contribution in [0.3, 0.4) is 0 Å². The Labute approximate surface area is 77.4 Å². The first kappa shape index (κ1) is 11.5. The molecular formula is C7H14BrO2P. The van der Waals surface area contributed by atoms with E-state index in [-0.39, 0.29) is 4.57 Å². The van der Waals surface area contributed by atoms with Crippen LogP contribution in [-0.2, 0) is 4.57 Å². The molecule has 0 aliphatic heterocycles. The Hall–Kier alpha value is 0.540. The van der Waals surface area contributed by atoms with Crippen molar-refractivity contribution in [3.8, 4) is 0 Å². The summed E-state index contributed by atoms with van der Waals surface area (Å²) in [5, 5.41) is 0. The first-order valence-corrected chi connectivity index (χ1v) is 6.05. The molecule has 0 saturated carbocycles. The second kappa shape index (κ2) is 6.10. The molecule has 2 nitrogen and oxygen atoms in total. The highest BCUT2D eigenvalue weighted by Gasteiger charge is 2.20. The molecule has 0 saturated heterocycles.